The zero-order chi connectivity index (χ0) is 20.1. The average molecular weight is 394 g/mol. The first-order valence-electron chi connectivity index (χ1n) is 8.09. The number of amides is 1. The van der Waals surface area contributed by atoms with Crippen molar-refractivity contribution in [2.45, 2.75) is 32.7 Å². The molecule has 0 saturated carbocycles. The molecular weight excluding hydrogens is 375 g/mol. The topological polar surface area (TPSA) is 106 Å². The monoisotopic (exact) mass is 394 g/mol. The molecule has 0 spiro atoms. The average Bonchev–Trinajstić information content (AvgIpc) is 3.01. The second-order valence-electron chi connectivity index (χ2n) is 5.83. The minimum Gasteiger partial charge on any atom is -0.494 e. The number of carboxylic acid groups (broad SMARTS) is 1. The third-order valence-corrected chi connectivity index (χ3v) is 5.14. The van der Waals surface area contributed by atoms with Crippen LogP contribution in [0.1, 0.15) is 56.5 Å². The van der Waals surface area contributed by atoms with Gasteiger partial charge in [0.05, 0.1) is 18.8 Å². The Morgan fingerprint density at radius 3 is 2.59 bits per heavy atom. The summed E-state index contributed by atoms with van der Waals surface area (Å²) in [7, 11) is 1.33. The highest BCUT2D eigenvalue weighted by Gasteiger charge is 2.19. The summed E-state index contributed by atoms with van der Waals surface area (Å²) in [5.41, 5.74) is 0.552. The number of rotatable bonds is 8. The fourth-order valence-corrected chi connectivity index (χ4v) is 3.30. The van der Waals surface area contributed by atoms with Crippen molar-refractivity contribution in [2.75, 3.05) is 7.11 Å². The highest BCUT2D eigenvalue weighted by molar-refractivity contribution is 7.13. The van der Waals surface area contributed by atoms with Crippen LogP contribution in [-0.2, 0) is 4.79 Å². The molecule has 2 aromatic rings. The lowest BCUT2D eigenvalue weighted by Crippen LogP contribution is -2.26. The number of benzene rings is 1. The van der Waals surface area contributed by atoms with E-state index in [9.17, 15) is 18.8 Å². The maximum Gasteiger partial charge on any atom is 0.347 e. The zero-order valence-electron chi connectivity index (χ0n) is 15.0. The highest BCUT2D eigenvalue weighted by Crippen LogP contribution is 2.24. The molecule has 27 heavy (non-hydrogen) atoms. The normalized spacial score (nSPS) is 11.7. The van der Waals surface area contributed by atoms with Gasteiger partial charge in [-0.25, -0.2) is 14.2 Å². The van der Waals surface area contributed by atoms with Gasteiger partial charge in [-0.1, -0.05) is 0 Å². The zero-order valence-corrected chi connectivity index (χ0v) is 15.9. The fraction of sp³-hybridized carbons (Fsp3) is 0.333. The van der Waals surface area contributed by atoms with E-state index in [1.54, 1.807) is 13.8 Å². The first-order chi connectivity index (χ1) is 12.7. The predicted octanol–water partition coefficient (Wildman–Crippen LogP) is 3.14. The summed E-state index contributed by atoms with van der Waals surface area (Å²) in [6, 6.07) is 3.39. The van der Waals surface area contributed by atoms with Gasteiger partial charge in [0.15, 0.2) is 17.3 Å². The van der Waals surface area contributed by atoms with Crippen LogP contribution >= 0.6 is 11.3 Å². The molecule has 1 unspecified atom stereocenters. The molecule has 0 bridgehead atoms. The lowest BCUT2D eigenvalue weighted by atomic mass is 10.1. The number of aryl methyl sites for hydroxylation is 1. The summed E-state index contributed by atoms with van der Waals surface area (Å²) in [6.45, 7) is 3.27. The molecule has 0 aliphatic carbocycles. The molecule has 9 heteroatoms. The van der Waals surface area contributed by atoms with Crippen molar-refractivity contribution in [3.63, 3.8) is 0 Å². The highest BCUT2D eigenvalue weighted by atomic mass is 32.1. The molecule has 1 aromatic carbocycles. The summed E-state index contributed by atoms with van der Waals surface area (Å²) < 4.78 is 18.5. The Kier molecular flexibility index (Phi) is 6.62. The van der Waals surface area contributed by atoms with E-state index in [1.807, 2.05) is 0 Å². The van der Waals surface area contributed by atoms with E-state index in [2.05, 4.69) is 10.3 Å². The number of nitrogens with zero attached hydrogens (tertiary/aromatic N) is 1. The molecule has 1 amide bonds. The van der Waals surface area contributed by atoms with Gasteiger partial charge in [0, 0.05) is 18.4 Å². The second-order valence-corrected chi connectivity index (χ2v) is 6.86. The summed E-state index contributed by atoms with van der Waals surface area (Å²) in [5.74, 6) is -2.41. The number of Topliss-reactive ketones (excluding diaryl/α,β-unsaturated/α-hetero) is 1. The second kappa shape index (κ2) is 8.72. The largest absolute Gasteiger partial charge is 0.494 e. The van der Waals surface area contributed by atoms with Crippen LogP contribution in [0.25, 0.3) is 0 Å². The Morgan fingerprint density at radius 2 is 2.04 bits per heavy atom. The molecule has 1 atom stereocenters. The van der Waals surface area contributed by atoms with E-state index in [-0.39, 0.29) is 40.7 Å². The molecule has 0 saturated heterocycles. The van der Waals surface area contributed by atoms with Crippen LogP contribution in [0.3, 0.4) is 0 Å². The van der Waals surface area contributed by atoms with Crippen molar-refractivity contribution >= 4 is 29.0 Å². The smallest absolute Gasteiger partial charge is 0.347 e. The molecule has 2 rings (SSSR count). The van der Waals surface area contributed by atoms with Crippen molar-refractivity contribution in [1.29, 1.82) is 0 Å². The van der Waals surface area contributed by atoms with Gasteiger partial charge in [0.1, 0.15) is 9.88 Å². The van der Waals surface area contributed by atoms with Gasteiger partial charge in [-0.15, -0.1) is 11.3 Å². The number of nitrogens with one attached hydrogen (secondary N) is 1. The van der Waals surface area contributed by atoms with Crippen molar-refractivity contribution in [1.82, 2.24) is 10.3 Å². The molecule has 7 nitrogen and oxygen atoms in total. The number of carbonyl (C=O) groups is 3. The van der Waals surface area contributed by atoms with Crippen molar-refractivity contribution in [3.8, 4) is 5.75 Å². The van der Waals surface area contributed by atoms with Gasteiger partial charge >= 0.3 is 5.97 Å². The SMILES string of the molecule is COc1ccc(C(=O)CCC(=O)NC(C)c2nc(C)c(C(=O)O)s2)cc1F. The van der Waals surface area contributed by atoms with Crippen LogP contribution in [-0.4, -0.2) is 34.9 Å². The molecule has 0 aliphatic heterocycles. The molecule has 2 N–H and O–H groups in total. The Balaban J connectivity index is 1.92. The Labute approximate surface area is 159 Å². The summed E-state index contributed by atoms with van der Waals surface area (Å²) >= 11 is 0.998. The number of hydrogen-bond donors (Lipinski definition) is 2. The number of methoxy groups -OCH3 is 1. The quantitative estimate of drug-likeness (QED) is 0.667. The number of carbonyl (C=O) groups excluding carboxylic acids is 2. The lowest BCUT2D eigenvalue weighted by molar-refractivity contribution is -0.121. The standard InChI is InChI=1S/C18H19FN2O5S/c1-9-16(18(24)25)27-17(21-9)10(2)20-15(23)7-5-13(22)11-4-6-14(26-3)12(19)8-11/h4,6,8,10H,5,7H2,1-3H3,(H,20,23)(H,24,25). The van der Waals surface area contributed by atoms with E-state index >= 15 is 0 Å². The number of thiazole rings is 1. The van der Waals surface area contributed by atoms with Crippen LogP contribution < -0.4 is 10.1 Å². The molecule has 1 aromatic heterocycles. The number of hydrogen-bond acceptors (Lipinski definition) is 6. The third kappa shape index (κ3) is 5.10. The van der Waals surface area contributed by atoms with Gasteiger partial charge in [0.2, 0.25) is 5.91 Å². The first-order valence-corrected chi connectivity index (χ1v) is 8.91. The molecule has 0 fully saturated rings. The van der Waals surface area contributed by atoms with Crippen molar-refractivity contribution < 1.29 is 28.6 Å². The van der Waals surface area contributed by atoms with Gasteiger partial charge in [-0.05, 0) is 32.0 Å². The minimum atomic E-state index is -1.06. The van der Waals surface area contributed by atoms with Gasteiger partial charge in [-0.3, -0.25) is 9.59 Å². The summed E-state index contributed by atoms with van der Waals surface area (Å²) in [6.07, 6.45) is -0.158. The van der Waals surface area contributed by atoms with E-state index in [4.69, 9.17) is 9.84 Å². The summed E-state index contributed by atoms with van der Waals surface area (Å²) in [5, 5.41) is 12.2. The number of carboxylic acids is 1. The van der Waals surface area contributed by atoms with Crippen molar-refractivity contribution in [2.24, 2.45) is 0 Å². The van der Waals surface area contributed by atoms with E-state index in [0.29, 0.717) is 10.7 Å². The first kappa shape index (κ1) is 20.5. The van der Waals surface area contributed by atoms with Crippen LogP contribution in [0.4, 0.5) is 4.39 Å². The molecule has 0 aliphatic rings. The van der Waals surface area contributed by atoms with Gasteiger partial charge < -0.3 is 15.2 Å². The van der Waals surface area contributed by atoms with E-state index < -0.39 is 17.8 Å². The lowest BCUT2D eigenvalue weighted by Gasteiger charge is -2.11. The molecule has 0 radical (unpaired) electrons. The third-order valence-electron chi connectivity index (χ3n) is 3.81. The van der Waals surface area contributed by atoms with Crippen LogP contribution in [0.5, 0.6) is 5.75 Å². The predicted molar refractivity (Wildman–Crippen MR) is 96.9 cm³/mol. The Morgan fingerprint density at radius 1 is 1.33 bits per heavy atom. The van der Waals surface area contributed by atoms with Crippen LogP contribution in [0.2, 0.25) is 0 Å². The van der Waals surface area contributed by atoms with E-state index in [1.165, 1.54) is 19.2 Å². The van der Waals surface area contributed by atoms with Crippen LogP contribution in [0.15, 0.2) is 18.2 Å². The minimum absolute atomic E-state index is 0.0394. The number of ketones is 1. The van der Waals surface area contributed by atoms with Gasteiger partial charge in [-0.2, -0.15) is 0 Å². The Bertz CT molecular complexity index is 881. The maximum atomic E-state index is 13.7. The Hall–Kier alpha value is -2.81. The summed E-state index contributed by atoms with van der Waals surface area (Å²) in [4.78, 5) is 39.5. The number of aromatic nitrogens is 1. The van der Waals surface area contributed by atoms with Crippen molar-refractivity contribution in [3.05, 3.63) is 45.2 Å². The number of ether oxygens (including phenoxy) is 1. The molecular formula is C18H19FN2O5S. The van der Waals surface area contributed by atoms with Gasteiger partial charge in [0.25, 0.3) is 0 Å². The maximum absolute atomic E-state index is 13.7. The number of halogens is 1. The number of aromatic carboxylic acids is 1. The van der Waals surface area contributed by atoms with E-state index in [0.717, 1.165) is 17.4 Å². The molecule has 1 heterocycles. The fourth-order valence-electron chi connectivity index (χ4n) is 2.39. The van der Waals surface area contributed by atoms with Crippen LogP contribution in [0, 0.1) is 12.7 Å². The molecule has 144 valence electrons.